The number of fused-ring (bicyclic) bond motifs is 1. The summed E-state index contributed by atoms with van der Waals surface area (Å²) in [6, 6.07) is 16.4. The highest BCUT2D eigenvalue weighted by Gasteiger charge is 2.11. The average molecular weight is 405 g/mol. The fraction of sp³-hybridized carbons (Fsp3) is 0.143. The molecule has 29 heavy (non-hydrogen) atoms. The number of nitrogens with one attached hydrogen (secondary N) is 2. The van der Waals surface area contributed by atoms with Crippen LogP contribution in [0.4, 0.5) is 10.5 Å². The molecule has 7 nitrogen and oxygen atoms in total. The normalized spacial score (nSPS) is 10.8. The monoisotopic (exact) mass is 405 g/mol. The lowest BCUT2D eigenvalue weighted by Gasteiger charge is -2.09. The van der Waals surface area contributed by atoms with E-state index < -0.39 is 0 Å². The van der Waals surface area contributed by atoms with E-state index in [1.54, 1.807) is 0 Å². The SMILES string of the molecule is Cc1ccc(NC(=O)NCc2cc(=O)n3nc(-c4ccccc4)sc3n2)cc1C. The highest BCUT2D eigenvalue weighted by atomic mass is 32.1. The summed E-state index contributed by atoms with van der Waals surface area (Å²) in [6.45, 7) is 4.15. The first-order valence-electron chi connectivity index (χ1n) is 9.07. The van der Waals surface area contributed by atoms with Crippen molar-refractivity contribution in [2.75, 3.05) is 5.32 Å². The van der Waals surface area contributed by atoms with Crippen molar-refractivity contribution in [1.29, 1.82) is 0 Å². The smallest absolute Gasteiger partial charge is 0.319 e. The lowest BCUT2D eigenvalue weighted by Crippen LogP contribution is -2.29. The quantitative estimate of drug-likeness (QED) is 0.541. The Labute approximate surface area is 171 Å². The number of nitrogens with zero attached hydrogens (tertiary/aromatic N) is 3. The van der Waals surface area contributed by atoms with Crippen molar-refractivity contribution >= 4 is 28.0 Å². The highest BCUT2D eigenvalue weighted by Crippen LogP contribution is 2.23. The van der Waals surface area contributed by atoms with E-state index in [0.29, 0.717) is 21.3 Å². The van der Waals surface area contributed by atoms with Crippen molar-refractivity contribution in [2.45, 2.75) is 20.4 Å². The second-order valence-corrected chi connectivity index (χ2v) is 7.62. The lowest BCUT2D eigenvalue weighted by molar-refractivity contribution is 0.251. The maximum Gasteiger partial charge on any atom is 0.319 e. The van der Waals surface area contributed by atoms with Crippen LogP contribution in [0.5, 0.6) is 0 Å². The Bertz CT molecular complexity index is 1250. The summed E-state index contributed by atoms with van der Waals surface area (Å²) in [5.41, 5.74) is 4.10. The summed E-state index contributed by atoms with van der Waals surface area (Å²) in [7, 11) is 0. The molecule has 0 saturated heterocycles. The van der Waals surface area contributed by atoms with Gasteiger partial charge in [-0.1, -0.05) is 47.7 Å². The van der Waals surface area contributed by atoms with Crippen LogP contribution in [-0.2, 0) is 6.54 Å². The maximum atomic E-state index is 12.4. The highest BCUT2D eigenvalue weighted by molar-refractivity contribution is 7.19. The zero-order chi connectivity index (χ0) is 20.4. The van der Waals surface area contributed by atoms with Crippen LogP contribution in [0.3, 0.4) is 0 Å². The average Bonchev–Trinajstić information content (AvgIpc) is 3.15. The van der Waals surface area contributed by atoms with Gasteiger partial charge in [0.2, 0.25) is 4.96 Å². The summed E-state index contributed by atoms with van der Waals surface area (Å²) in [4.78, 5) is 29.5. The summed E-state index contributed by atoms with van der Waals surface area (Å²) in [5.74, 6) is 0. The Balaban J connectivity index is 1.48. The fourth-order valence-corrected chi connectivity index (χ4v) is 3.74. The predicted octanol–water partition coefficient (Wildman–Crippen LogP) is 3.76. The van der Waals surface area contributed by atoms with Gasteiger partial charge in [-0.25, -0.2) is 9.78 Å². The van der Waals surface area contributed by atoms with Crippen LogP contribution < -0.4 is 16.2 Å². The number of carbonyl (C=O) groups excluding carboxylic acids is 1. The third-order valence-electron chi connectivity index (χ3n) is 4.51. The number of rotatable bonds is 4. The topological polar surface area (TPSA) is 88.4 Å². The number of aromatic nitrogens is 3. The van der Waals surface area contributed by atoms with E-state index in [4.69, 9.17) is 0 Å². The molecule has 0 bridgehead atoms. The molecule has 2 aromatic heterocycles. The summed E-state index contributed by atoms with van der Waals surface area (Å²) in [6.07, 6.45) is 0. The van der Waals surface area contributed by atoms with Gasteiger partial charge in [0, 0.05) is 17.3 Å². The molecule has 0 radical (unpaired) electrons. The number of benzene rings is 2. The molecule has 4 aromatic rings. The van der Waals surface area contributed by atoms with Gasteiger partial charge in [0.15, 0.2) is 0 Å². The standard InChI is InChI=1S/C21H19N5O2S/c1-13-8-9-16(10-14(13)2)23-20(28)22-12-17-11-18(27)26-21(24-17)29-19(25-26)15-6-4-3-5-7-15/h3-11H,12H2,1-2H3,(H2,22,23,28). The van der Waals surface area contributed by atoms with Gasteiger partial charge in [0.05, 0.1) is 12.2 Å². The second kappa shape index (κ2) is 7.84. The summed E-state index contributed by atoms with van der Waals surface area (Å²) >= 11 is 1.33. The molecule has 146 valence electrons. The van der Waals surface area contributed by atoms with Gasteiger partial charge in [-0.3, -0.25) is 4.79 Å². The zero-order valence-corrected chi connectivity index (χ0v) is 16.8. The van der Waals surface area contributed by atoms with E-state index in [2.05, 4.69) is 20.7 Å². The first-order valence-corrected chi connectivity index (χ1v) is 9.88. The van der Waals surface area contributed by atoms with Crippen LogP contribution in [0, 0.1) is 13.8 Å². The molecule has 8 heteroatoms. The zero-order valence-electron chi connectivity index (χ0n) is 16.0. The molecule has 2 N–H and O–H groups in total. The molecule has 0 saturated carbocycles. The number of hydrogen-bond donors (Lipinski definition) is 2. The van der Waals surface area contributed by atoms with Crippen molar-refractivity contribution in [3.05, 3.63) is 81.8 Å². The van der Waals surface area contributed by atoms with Gasteiger partial charge in [-0.15, -0.1) is 0 Å². The number of urea groups is 1. The first-order chi connectivity index (χ1) is 14.0. The molecule has 2 heterocycles. The van der Waals surface area contributed by atoms with Crippen LogP contribution >= 0.6 is 11.3 Å². The van der Waals surface area contributed by atoms with E-state index in [9.17, 15) is 9.59 Å². The number of carbonyl (C=O) groups is 1. The molecular formula is C21H19N5O2S. The Kier molecular flexibility index (Phi) is 5.09. The van der Waals surface area contributed by atoms with Crippen LogP contribution in [0.25, 0.3) is 15.5 Å². The fourth-order valence-electron chi connectivity index (χ4n) is 2.81. The Morgan fingerprint density at radius 3 is 2.62 bits per heavy atom. The molecule has 0 unspecified atom stereocenters. The predicted molar refractivity (Wildman–Crippen MR) is 114 cm³/mol. The molecule has 0 aliphatic rings. The van der Waals surface area contributed by atoms with Crippen molar-refractivity contribution in [2.24, 2.45) is 0 Å². The van der Waals surface area contributed by atoms with Crippen LogP contribution in [0.2, 0.25) is 0 Å². The first kappa shape index (κ1) is 18.8. The summed E-state index contributed by atoms with van der Waals surface area (Å²) in [5, 5.41) is 10.6. The van der Waals surface area contributed by atoms with E-state index in [1.807, 2.05) is 62.4 Å². The van der Waals surface area contributed by atoms with Crippen molar-refractivity contribution in [1.82, 2.24) is 19.9 Å². The Morgan fingerprint density at radius 2 is 1.86 bits per heavy atom. The van der Waals surface area contributed by atoms with Gasteiger partial charge in [-0.2, -0.15) is 9.61 Å². The Morgan fingerprint density at radius 1 is 1.07 bits per heavy atom. The van der Waals surface area contributed by atoms with Crippen molar-refractivity contribution < 1.29 is 4.79 Å². The number of anilines is 1. The largest absolute Gasteiger partial charge is 0.332 e. The molecule has 0 fully saturated rings. The minimum Gasteiger partial charge on any atom is -0.332 e. The van der Waals surface area contributed by atoms with E-state index >= 15 is 0 Å². The van der Waals surface area contributed by atoms with Gasteiger partial charge >= 0.3 is 6.03 Å². The van der Waals surface area contributed by atoms with Gasteiger partial charge in [0.1, 0.15) is 5.01 Å². The summed E-state index contributed by atoms with van der Waals surface area (Å²) < 4.78 is 1.28. The van der Waals surface area contributed by atoms with Gasteiger partial charge in [-0.05, 0) is 37.1 Å². The molecule has 4 rings (SSSR count). The lowest BCUT2D eigenvalue weighted by atomic mass is 10.1. The minimum atomic E-state index is -0.357. The molecule has 2 aromatic carbocycles. The molecule has 2 amide bonds. The van der Waals surface area contributed by atoms with E-state index in [-0.39, 0.29) is 18.1 Å². The molecule has 0 aliphatic heterocycles. The second-order valence-electron chi connectivity index (χ2n) is 6.66. The third-order valence-corrected chi connectivity index (χ3v) is 5.47. The molecule has 0 atom stereocenters. The number of amides is 2. The number of hydrogen-bond acceptors (Lipinski definition) is 5. The van der Waals surface area contributed by atoms with Crippen LogP contribution in [0.15, 0.2) is 59.4 Å². The molecule has 0 aliphatic carbocycles. The maximum absolute atomic E-state index is 12.4. The molecule has 0 spiro atoms. The van der Waals surface area contributed by atoms with Crippen molar-refractivity contribution in [3.8, 4) is 10.6 Å². The minimum absolute atomic E-state index is 0.140. The third kappa shape index (κ3) is 4.17. The van der Waals surface area contributed by atoms with Crippen LogP contribution in [0.1, 0.15) is 16.8 Å². The van der Waals surface area contributed by atoms with E-state index in [0.717, 1.165) is 16.7 Å². The van der Waals surface area contributed by atoms with Gasteiger partial charge in [0.25, 0.3) is 5.56 Å². The molecular weight excluding hydrogens is 386 g/mol. The van der Waals surface area contributed by atoms with E-state index in [1.165, 1.54) is 21.9 Å². The number of aryl methyl sites for hydroxylation is 2. The van der Waals surface area contributed by atoms with Gasteiger partial charge < -0.3 is 10.6 Å². The van der Waals surface area contributed by atoms with Crippen LogP contribution in [-0.4, -0.2) is 20.6 Å². The Hall–Kier alpha value is -3.52. The van der Waals surface area contributed by atoms with Crippen molar-refractivity contribution in [3.63, 3.8) is 0 Å².